The number of aryl methyl sites for hydroxylation is 1. The second-order valence-electron chi connectivity index (χ2n) is 11.5. The van der Waals surface area contributed by atoms with E-state index in [4.69, 9.17) is 4.42 Å². The van der Waals surface area contributed by atoms with Crippen LogP contribution in [-0.2, 0) is 11.8 Å². The summed E-state index contributed by atoms with van der Waals surface area (Å²) in [6.07, 6.45) is 7.69. The number of hydrogen-bond acceptors (Lipinski definition) is 5. The molecule has 1 unspecified atom stereocenters. The zero-order chi connectivity index (χ0) is 27.1. The molecule has 0 amide bonds. The van der Waals surface area contributed by atoms with E-state index in [1.807, 2.05) is 6.92 Å². The standard InChI is InChI=1S/C32H37F2N3O2/c1-3-28-30(24-16-25(33)18-26(34)17-24)39-31(35-28)37-13-9-23(10-14-37)29(38)20-36-15-12-32(21(2)19-36)11-8-22-6-4-5-7-27(22)32/h4-8,11,16-18,21,23,29,38H,3,9-10,12-15,19-20H2,1-2H3/t21-,29+,32?/m0/s1. The first-order valence-electron chi connectivity index (χ1n) is 14.3. The van der Waals surface area contributed by atoms with Crippen molar-refractivity contribution in [1.82, 2.24) is 9.88 Å². The number of allylic oxidation sites excluding steroid dienone is 1. The molecular weight excluding hydrogens is 496 g/mol. The van der Waals surface area contributed by atoms with Crippen molar-refractivity contribution in [3.8, 4) is 11.3 Å². The van der Waals surface area contributed by atoms with Crippen molar-refractivity contribution < 1.29 is 18.3 Å². The monoisotopic (exact) mass is 533 g/mol. The number of likely N-dealkylation sites (tertiary alicyclic amines) is 1. The van der Waals surface area contributed by atoms with Crippen LogP contribution in [0, 0.1) is 23.5 Å². The van der Waals surface area contributed by atoms with Crippen LogP contribution in [0.1, 0.15) is 49.9 Å². The SMILES string of the molecule is CCc1nc(N2CCC([C@H](O)CN3CCC4(C=Cc5ccccc54)[C@@H](C)C3)CC2)oc1-c1cc(F)cc(F)c1. The molecular formula is C32H37F2N3O2. The molecule has 0 bridgehead atoms. The first kappa shape index (κ1) is 26.2. The zero-order valence-electron chi connectivity index (χ0n) is 22.7. The third-order valence-electron chi connectivity index (χ3n) is 9.22. The summed E-state index contributed by atoms with van der Waals surface area (Å²) >= 11 is 0. The fourth-order valence-corrected chi connectivity index (χ4v) is 6.95. The number of aliphatic hydroxyl groups excluding tert-OH is 1. The molecule has 1 aliphatic carbocycles. The quantitative estimate of drug-likeness (QED) is 0.417. The lowest BCUT2D eigenvalue weighted by atomic mass is 9.68. The summed E-state index contributed by atoms with van der Waals surface area (Å²) in [4.78, 5) is 9.17. The molecule has 2 saturated heterocycles. The highest BCUT2D eigenvalue weighted by Gasteiger charge is 2.43. The van der Waals surface area contributed by atoms with Gasteiger partial charge >= 0.3 is 0 Å². The lowest BCUT2D eigenvalue weighted by Gasteiger charge is -2.45. The molecule has 3 atom stereocenters. The number of β-amino-alcohol motifs (C(OH)–C–C–N with tert-alkyl or cyclic N) is 1. The maximum absolute atomic E-state index is 13.8. The fraction of sp³-hybridized carbons (Fsp3) is 0.469. The van der Waals surface area contributed by atoms with Crippen LogP contribution in [0.2, 0.25) is 0 Å². The maximum atomic E-state index is 13.8. The van der Waals surface area contributed by atoms with Gasteiger partial charge in [0.25, 0.3) is 6.01 Å². The molecule has 2 aromatic carbocycles. The molecule has 2 fully saturated rings. The van der Waals surface area contributed by atoms with Gasteiger partial charge in [-0.05, 0) is 67.3 Å². The van der Waals surface area contributed by atoms with Gasteiger partial charge < -0.3 is 19.3 Å². The Morgan fingerprint density at radius 3 is 2.56 bits per heavy atom. The van der Waals surface area contributed by atoms with E-state index in [-0.39, 0.29) is 17.4 Å². The van der Waals surface area contributed by atoms with Crippen LogP contribution >= 0.6 is 0 Å². The van der Waals surface area contributed by atoms with Crippen molar-refractivity contribution in [2.24, 2.45) is 11.8 Å². The molecule has 206 valence electrons. The Bertz CT molecular complexity index is 1340. The number of piperidine rings is 2. The highest BCUT2D eigenvalue weighted by Crippen LogP contribution is 2.47. The van der Waals surface area contributed by atoms with E-state index in [2.05, 4.69) is 58.1 Å². The van der Waals surface area contributed by atoms with Crippen molar-refractivity contribution in [1.29, 1.82) is 0 Å². The third kappa shape index (κ3) is 4.91. The molecule has 5 nitrogen and oxygen atoms in total. The smallest absolute Gasteiger partial charge is 0.298 e. The minimum Gasteiger partial charge on any atom is -0.423 e. The van der Waals surface area contributed by atoms with Gasteiger partial charge in [-0.1, -0.05) is 50.3 Å². The number of rotatable bonds is 6. The van der Waals surface area contributed by atoms with Gasteiger partial charge in [0.05, 0.1) is 11.8 Å². The average Bonchev–Trinajstić information content (AvgIpc) is 3.53. The lowest BCUT2D eigenvalue weighted by molar-refractivity contribution is 0.0285. The van der Waals surface area contributed by atoms with Crippen molar-refractivity contribution in [3.63, 3.8) is 0 Å². The summed E-state index contributed by atoms with van der Waals surface area (Å²) in [5, 5.41) is 11.2. The second-order valence-corrected chi connectivity index (χ2v) is 11.5. The molecule has 0 saturated carbocycles. The lowest BCUT2D eigenvalue weighted by Crippen LogP contribution is -2.50. The topological polar surface area (TPSA) is 52.7 Å². The van der Waals surface area contributed by atoms with E-state index in [0.717, 1.165) is 51.5 Å². The van der Waals surface area contributed by atoms with Gasteiger partial charge in [-0.3, -0.25) is 0 Å². The normalized spacial score (nSPS) is 24.4. The largest absolute Gasteiger partial charge is 0.423 e. The Balaban J connectivity index is 1.06. The van der Waals surface area contributed by atoms with Gasteiger partial charge in [-0.25, -0.2) is 8.78 Å². The summed E-state index contributed by atoms with van der Waals surface area (Å²) in [5.41, 5.74) is 3.97. The van der Waals surface area contributed by atoms with Crippen molar-refractivity contribution in [2.75, 3.05) is 37.6 Å². The van der Waals surface area contributed by atoms with Gasteiger partial charge in [0, 0.05) is 43.2 Å². The van der Waals surface area contributed by atoms with E-state index < -0.39 is 11.6 Å². The van der Waals surface area contributed by atoms with E-state index in [9.17, 15) is 13.9 Å². The fourth-order valence-electron chi connectivity index (χ4n) is 6.95. The summed E-state index contributed by atoms with van der Waals surface area (Å²) in [6.45, 7) is 8.41. The number of nitrogens with zero attached hydrogens (tertiary/aromatic N) is 3. The number of hydrogen-bond donors (Lipinski definition) is 1. The van der Waals surface area contributed by atoms with Crippen LogP contribution in [-0.4, -0.2) is 53.8 Å². The summed E-state index contributed by atoms with van der Waals surface area (Å²) in [6, 6.07) is 12.6. The molecule has 6 rings (SSSR count). The van der Waals surface area contributed by atoms with Crippen LogP contribution in [0.25, 0.3) is 17.4 Å². The Hall–Kier alpha value is -3.03. The first-order valence-corrected chi connectivity index (χ1v) is 14.3. The summed E-state index contributed by atoms with van der Waals surface area (Å²) in [5.74, 6) is -0.148. The summed E-state index contributed by atoms with van der Waals surface area (Å²) < 4.78 is 33.7. The number of oxazole rings is 1. The molecule has 1 aromatic heterocycles. The molecule has 1 spiro atoms. The number of aromatic nitrogens is 1. The molecule has 3 aromatic rings. The number of anilines is 1. The van der Waals surface area contributed by atoms with Crippen LogP contribution in [0.15, 0.2) is 53.0 Å². The van der Waals surface area contributed by atoms with Crippen molar-refractivity contribution in [3.05, 3.63) is 77.0 Å². The predicted molar refractivity (Wildman–Crippen MR) is 150 cm³/mol. The van der Waals surface area contributed by atoms with Gasteiger partial charge in [0.2, 0.25) is 0 Å². The first-order chi connectivity index (χ1) is 18.9. The Morgan fingerprint density at radius 1 is 1.10 bits per heavy atom. The van der Waals surface area contributed by atoms with E-state index in [0.29, 0.717) is 41.9 Å². The van der Waals surface area contributed by atoms with E-state index in [1.165, 1.54) is 23.3 Å². The Kier molecular flexibility index (Phi) is 7.06. The van der Waals surface area contributed by atoms with Gasteiger partial charge in [-0.2, -0.15) is 4.98 Å². The molecule has 0 radical (unpaired) electrons. The minimum atomic E-state index is -0.636. The second kappa shape index (κ2) is 10.5. The van der Waals surface area contributed by atoms with Crippen LogP contribution in [0.3, 0.4) is 0 Å². The van der Waals surface area contributed by atoms with E-state index >= 15 is 0 Å². The molecule has 7 heteroatoms. The van der Waals surface area contributed by atoms with Crippen molar-refractivity contribution >= 4 is 12.1 Å². The zero-order valence-corrected chi connectivity index (χ0v) is 22.7. The molecule has 3 heterocycles. The van der Waals surface area contributed by atoms with Crippen molar-refractivity contribution in [2.45, 2.75) is 51.0 Å². The highest BCUT2D eigenvalue weighted by molar-refractivity contribution is 5.65. The molecule has 3 aliphatic rings. The Morgan fingerprint density at radius 2 is 1.85 bits per heavy atom. The maximum Gasteiger partial charge on any atom is 0.298 e. The molecule has 39 heavy (non-hydrogen) atoms. The third-order valence-corrected chi connectivity index (χ3v) is 9.22. The minimum absolute atomic E-state index is 0.118. The number of benzene rings is 2. The highest BCUT2D eigenvalue weighted by atomic mass is 19.1. The van der Waals surface area contributed by atoms with Crippen LogP contribution in [0.4, 0.5) is 14.8 Å². The van der Waals surface area contributed by atoms with E-state index in [1.54, 1.807) is 0 Å². The van der Waals surface area contributed by atoms with Gasteiger partial charge in [-0.15, -0.1) is 0 Å². The van der Waals surface area contributed by atoms with Gasteiger partial charge in [0.1, 0.15) is 11.6 Å². The predicted octanol–water partition coefficient (Wildman–Crippen LogP) is 6.07. The van der Waals surface area contributed by atoms with Crippen LogP contribution in [0.5, 0.6) is 0 Å². The molecule has 1 N–H and O–H groups in total. The van der Waals surface area contributed by atoms with Crippen LogP contribution < -0.4 is 4.90 Å². The number of fused-ring (bicyclic) bond motifs is 2. The number of halogens is 2. The molecule has 2 aliphatic heterocycles. The number of aliphatic hydroxyl groups is 1. The average molecular weight is 534 g/mol. The summed E-state index contributed by atoms with van der Waals surface area (Å²) in [7, 11) is 0. The Labute approximate surface area is 229 Å². The van der Waals surface area contributed by atoms with Gasteiger partial charge in [0.15, 0.2) is 5.76 Å².